The molecule has 27 heavy (non-hydrogen) atoms. The largest absolute Gasteiger partial charge is 0.508 e. The Balaban J connectivity index is 1.98. The van der Waals surface area contributed by atoms with E-state index in [1.807, 2.05) is 6.07 Å². The molecule has 0 aliphatic heterocycles. The highest BCUT2D eigenvalue weighted by Crippen LogP contribution is 2.16. The summed E-state index contributed by atoms with van der Waals surface area (Å²) in [7, 11) is 1.62. The van der Waals surface area contributed by atoms with Crippen LogP contribution in [0.1, 0.15) is 15.9 Å². The maximum atomic E-state index is 12.8. The molecule has 2 aromatic rings. The van der Waals surface area contributed by atoms with Crippen LogP contribution in [0.15, 0.2) is 54.6 Å². The number of ether oxygens (including phenoxy) is 2. The first-order valence-electron chi connectivity index (χ1n) is 8.96. The molecule has 2 unspecified atom stereocenters. The first-order valence-corrected chi connectivity index (χ1v) is 8.96. The topological polar surface area (TPSA) is 88.0 Å². The number of carbonyl (C=O) groups excluding carboxylic acids is 1. The highest BCUT2D eigenvalue weighted by atomic mass is 16.5. The van der Waals surface area contributed by atoms with E-state index in [4.69, 9.17) is 9.47 Å². The van der Waals surface area contributed by atoms with Crippen molar-refractivity contribution in [2.45, 2.75) is 18.6 Å². The number of aliphatic hydroxyl groups excluding tert-OH is 1. The molecule has 2 aromatic carbocycles. The van der Waals surface area contributed by atoms with Gasteiger partial charge in [0.15, 0.2) is 5.78 Å². The Hall–Kier alpha value is -2.25. The molecule has 2 atom stereocenters. The second kappa shape index (κ2) is 11.5. The van der Waals surface area contributed by atoms with Gasteiger partial charge in [0.1, 0.15) is 11.9 Å². The molecule has 0 amide bonds. The van der Waals surface area contributed by atoms with Gasteiger partial charge in [-0.15, -0.1) is 0 Å². The standard InChI is InChI=1S/C21H27NO5/c1-26-12-11-22-14-19(24)15-27-20(13-16-7-9-18(23)10-8-16)21(25)17-5-3-2-4-6-17/h2-10,19-20,22-24H,11-15H2,1H3. The van der Waals surface area contributed by atoms with E-state index < -0.39 is 12.2 Å². The Kier molecular flexibility index (Phi) is 8.94. The number of carbonyl (C=O) groups is 1. The number of ketones is 1. The van der Waals surface area contributed by atoms with Crippen molar-refractivity contribution in [2.24, 2.45) is 0 Å². The SMILES string of the molecule is COCCNCC(O)COC(Cc1ccc(O)cc1)C(=O)c1ccccc1. The maximum absolute atomic E-state index is 12.8. The molecule has 2 rings (SSSR count). The smallest absolute Gasteiger partial charge is 0.191 e. The molecule has 0 radical (unpaired) electrons. The van der Waals surface area contributed by atoms with Crippen LogP contribution in [0, 0.1) is 0 Å². The van der Waals surface area contributed by atoms with Crippen molar-refractivity contribution in [3.63, 3.8) is 0 Å². The molecular weight excluding hydrogens is 346 g/mol. The van der Waals surface area contributed by atoms with Gasteiger partial charge in [0, 0.05) is 32.2 Å². The van der Waals surface area contributed by atoms with Crippen molar-refractivity contribution in [1.29, 1.82) is 0 Å². The van der Waals surface area contributed by atoms with E-state index in [9.17, 15) is 15.0 Å². The van der Waals surface area contributed by atoms with Crippen LogP contribution >= 0.6 is 0 Å². The molecule has 0 spiro atoms. The lowest BCUT2D eigenvalue weighted by Gasteiger charge is -2.20. The minimum Gasteiger partial charge on any atom is -0.508 e. The van der Waals surface area contributed by atoms with Gasteiger partial charge in [-0.05, 0) is 17.7 Å². The second-order valence-corrected chi connectivity index (χ2v) is 6.27. The summed E-state index contributed by atoms with van der Waals surface area (Å²) >= 11 is 0. The van der Waals surface area contributed by atoms with Crippen LogP contribution < -0.4 is 5.32 Å². The average Bonchev–Trinajstić information content (AvgIpc) is 2.70. The molecule has 146 valence electrons. The average molecular weight is 373 g/mol. The van der Waals surface area contributed by atoms with Gasteiger partial charge in [-0.3, -0.25) is 4.79 Å². The monoisotopic (exact) mass is 373 g/mol. The number of benzene rings is 2. The van der Waals surface area contributed by atoms with Crippen molar-refractivity contribution in [2.75, 3.05) is 33.4 Å². The lowest BCUT2D eigenvalue weighted by Crippen LogP contribution is -2.36. The fourth-order valence-electron chi connectivity index (χ4n) is 2.59. The summed E-state index contributed by atoms with van der Waals surface area (Å²) in [4.78, 5) is 12.8. The number of rotatable bonds is 12. The number of aliphatic hydroxyl groups is 1. The van der Waals surface area contributed by atoms with Crippen LogP contribution in [-0.2, 0) is 15.9 Å². The van der Waals surface area contributed by atoms with E-state index in [0.717, 1.165) is 5.56 Å². The number of aromatic hydroxyl groups is 1. The molecule has 0 heterocycles. The van der Waals surface area contributed by atoms with Gasteiger partial charge in [0.05, 0.1) is 19.3 Å². The molecule has 0 fully saturated rings. The zero-order valence-corrected chi connectivity index (χ0v) is 15.5. The normalized spacial score (nSPS) is 13.3. The van der Waals surface area contributed by atoms with Crippen molar-refractivity contribution >= 4 is 5.78 Å². The summed E-state index contributed by atoms with van der Waals surface area (Å²) in [6, 6.07) is 15.6. The summed E-state index contributed by atoms with van der Waals surface area (Å²) in [5.74, 6) is 0.0337. The van der Waals surface area contributed by atoms with E-state index in [2.05, 4.69) is 5.32 Å². The number of nitrogens with one attached hydrogen (secondary N) is 1. The predicted octanol–water partition coefficient (Wildman–Crippen LogP) is 1.80. The van der Waals surface area contributed by atoms with E-state index in [1.54, 1.807) is 55.6 Å². The Morgan fingerprint density at radius 1 is 1.11 bits per heavy atom. The van der Waals surface area contributed by atoms with Crippen molar-refractivity contribution in [1.82, 2.24) is 5.32 Å². The summed E-state index contributed by atoms with van der Waals surface area (Å²) in [5, 5.41) is 22.6. The molecule has 0 aliphatic carbocycles. The third-order valence-electron chi connectivity index (χ3n) is 4.06. The number of Topliss-reactive ketones (excluding diaryl/α,β-unsaturated/α-hetero) is 1. The Labute approximate surface area is 159 Å². The third kappa shape index (κ3) is 7.48. The van der Waals surface area contributed by atoms with Crippen molar-refractivity contribution < 1.29 is 24.5 Å². The first kappa shape index (κ1) is 21.1. The highest BCUT2D eigenvalue weighted by molar-refractivity contribution is 5.99. The lowest BCUT2D eigenvalue weighted by molar-refractivity contribution is -0.00197. The van der Waals surface area contributed by atoms with Gasteiger partial charge in [0.25, 0.3) is 0 Å². The number of phenols is 1. The zero-order valence-electron chi connectivity index (χ0n) is 15.5. The van der Waals surface area contributed by atoms with Crippen molar-refractivity contribution in [3.8, 4) is 5.75 Å². The second-order valence-electron chi connectivity index (χ2n) is 6.27. The van der Waals surface area contributed by atoms with Crippen LogP contribution in [0.2, 0.25) is 0 Å². The molecule has 6 nitrogen and oxygen atoms in total. The summed E-state index contributed by atoms with van der Waals surface area (Å²) in [6.45, 7) is 1.59. The molecule has 0 bridgehead atoms. The summed E-state index contributed by atoms with van der Waals surface area (Å²) in [5.41, 5.74) is 1.43. The predicted molar refractivity (Wildman–Crippen MR) is 103 cm³/mol. The summed E-state index contributed by atoms with van der Waals surface area (Å²) < 4.78 is 10.7. The minimum absolute atomic E-state index is 0.0430. The van der Waals surface area contributed by atoms with Crippen LogP contribution in [0.25, 0.3) is 0 Å². The van der Waals surface area contributed by atoms with Crippen LogP contribution in [-0.4, -0.2) is 61.6 Å². The summed E-state index contributed by atoms with van der Waals surface area (Å²) in [6.07, 6.45) is -1.09. The van der Waals surface area contributed by atoms with E-state index >= 15 is 0 Å². The Morgan fingerprint density at radius 3 is 2.48 bits per heavy atom. The van der Waals surface area contributed by atoms with Gasteiger partial charge >= 0.3 is 0 Å². The van der Waals surface area contributed by atoms with E-state index in [-0.39, 0.29) is 18.1 Å². The van der Waals surface area contributed by atoms with Gasteiger partial charge < -0.3 is 25.0 Å². The fourth-order valence-corrected chi connectivity index (χ4v) is 2.59. The molecule has 0 aliphatic rings. The van der Waals surface area contributed by atoms with Gasteiger partial charge in [0.2, 0.25) is 0 Å². The first-order chi connectivity index (χ1) is 13.1. The molecule has 0 aromatic heterocycles. The fraction of sp³-hybridized carbons (Fsp3) is 0.381. The Morgan fingerprint density at radius 2 is 1.81 bits per heavy atom. The molecule has 6 heteroatoms. The van der Waals surface area contributed by atoms with Crippen LogP contribution in [0.3, 0.4) is 0 Å². The van der Waals surface area contributed by atoms with Crippen LogP contribution in [0.5, 0.6) is 5.75 Å². The van der Waals surface area contributed by atoms with Gasteiger partial charge in [-0.25, -0.2) is 0 Å². The van der Waals surface area contributed by atoms with E-state index in [1.165, 1.54) is 0 Å². The van der Waals surface area contributed by atoms with Gasteiger partial charge in [-0.2, -0.15) is 0 Å². The third-order valence-corrected chi connectivity index (χ3v) is 4.06. The molecule has 0 saturated heterocycles. The quantitative estimate of drug-likeness (QED) is 0.388. The molecular formula is C21H27NO5. The number of phenolic OH excluding ortho intramolecular Hbond substituents is 1. The highest BCUT2D eigenvalue weighted by Gasteiger charge is 2.22. The molecule has 0 saturated carbocycles. The van der Waals surface area contributed by atoms with Crippen molar-refractivity contribution in [3.05, 3.63) is 65.7 Å². The molecule has 3 N–H and O–H groups in total. The zero-order chi connectivity index (χ0) is 19.5. The number of hydrogen-bond acceptors (Lipinski definition) is 6. The maximum Gasteiger partial charge on any atom is 0.191 e. The van der Waals surface area contributed by atoms with Gasteiger partial charge in [-0.1, -0.05) is 42.5 Å². The van der Waals surface area contributed by atoms with E-state index in [0.29, 0.717) is 31.7 Å². The van der Waals surface area contributed by atoms with Crippen LogP contribution in [0.4, 0.5) is 0 Å². The number of hydrogen-bond donors (Lipinski definition) is 3. The minimum atomic E-state index is -0.729. The Bertz CT molecular complexity index is 675. The lowest BCUT2D eigenvalue weighted by atomic mass is 9.99. The number of methoxy groups -OCH3 is 1.